The molecule has 1 aliphatic rings. The number of nitrogens with zero attached hydrogens (tertiary/aromatic N) is 1. The molecule has 1 aliphatic heterocycles. The minimum absolute atomic E-state index is 0.0421. The summed E-state index contributed by atoms with van der Waals surface area (Å²) in [4.78, 5) is 15.0. The summed E-state index contributed by atoms with van der Waals surface area (Å²) < 4.78 is 6.25. The zero-order chi connectivity index (χ0) is 12.5. The number of ether oxygens (including phenoxy) is 1. The van der Waals surface area contributed by atoms with Gasteiger partial charge in [-0.2, -0.15) is 0 Å². The summed E-state index contributed by atoms with van der Waals surface area (Å²) in [6.07, 6.45) is 0.601. The monoisotopic (exact) mass is 318 g/mol. The number of hydrogen-bond acceptors (Lipinski definition) is 4. The van der Waals surface area contributed by atoms with Crippen molar-refractivity contribution in [1.82, 2.24) is 4.90 Å². The molecule has 1 atom stereocenters. The van der Waals surface area contributed by atoms with Crippen LogP contribution in [-0.2, 0) is 16.1 Å². The zero-order valence-corrected chi connectivity index (χ0v) is 12.0. The fourth-order valence-electron chi connectivity index (χ4n) is 1.87. The lowest BCUT2D eigenvalue weighted by atomic mass is 9.98. The highest BCUT2D eigenvalue weighted by molar-refractivity contribution is 9.10. The zero-order valence-electron chi connectivity index (χ0n) is 9.61. The first kappa shape index (κ1) is 13.0. The van der Waals surface area contributed by atoms with E-state index in [-0.39, 0.29) is 5.91 Å². The van der Waals surface area contributed by atoms with Gasteiger partial charge in [-0.15, -0.1) is 11.3 Å². The second-order valence-corrected chi connectivity index (χ2v) is 6.26. The molecule has 0 bridgehead atoms. The van der Waals surface area contributed by atoms with Gasteiger partial charge in [-0.3, -0.25) is 4.79 Å². The number of carbonyl (C=O) groups is 1. The van der Waals surface area contributed by atoms with Crippen LogP contribution in [0, 0.1) is 0 Å². The molecule has 0 spiro atoms. The molecule has 94 valence electrons. The van der Waals surface area contributed by atoms with E-state index in [0.29, 0.717) is 26.2 Å². The summed E-state index contributed by atoms with van der Waals surface area (Å²) in [5.74, 6) is -0.0421. The van der Waals surface area contributed by atoms with Crippen molar-refractivity contribution >= 4 is 33.2 Å². The highest BCUT2D eigenvalue weighted by atomic mass is 79.9. The van der Waals surface area contributed by atoms with E-state index >= 15 is 0 Å². The normalized spacial score (nSPS) is 23.9. The van der Waals surface area contributed by atoms with Crippen LogP contribution in [0.1, 0.15) is 11.3 Å². The lowest BCUT2D eigenvalue weighted by Crippen LogP contribution is -2.54. The molecule has 1 fully saturated rings. The van der Waals surface area contributed by atoms with Gasteiger partial charge in [0.2, 0.25) is 5.91 Å². The number of likely N-dealkylation sites (N-methyl/N-ethyl adjacent to an activating group) is 1. The second kappa shape index (κ2) is 5.06. The van der Waals surface area contributed by atoms with E-state index in [1.54, 1.807) is 23.3 Å². The topological polar surface area (TPSA) is 55.6 Å². The minimum Gasteiger partial charge on any atom is -0.379 e. The number of thiophene rings is 1. The number of rotatable bonds is 3. The molecule has 6 heteroatoms. The van der Waals surface area contributed by atoms with Crippen LogP contribution in [0.4, 0.5) is 0 Å². The number of nitrogens with two attached hydrogens (primary N) is 1. The van der Waals surface area contributed by atoms with Crippen LogP contribution in [0.5, 0.6) is 0 Å². The molecule has 4 nitrogen and oxygen atoms in total. The standard InChI is InChI=1S/C11H15BrN2O2S/c1-14(5-9-4-8(12)6-17-9)10(15)11(13)2-3-16-7-11/h4,6H,2-3,5,7,13H2,1H3. The predicted octanol–water partition coefficient (Wildman–Crippen LogP) is 1.59. The molecule has 1 unspecified atom stereocenters. The van der Waals surface area contributed by atoms with Crippen molar-refractivity contribution < 1.29 is 9.53 Å². The number of halogens is 1. The van der Waals surface area contributed by atoms with E-state index in [0.717, 1.165) is 9.35 Å². The lowest BCUT2D eigenvalue weighted by Gasteiger charge is -2.27. The molecular formula is C11H15BrN2O2S. The lowest BCUT2D eigenvalue weighted by molar-refractivity contribution is -0.136. The summed E-state index contributed by atoms with van der Waals surface area (Å²) >= 11 is 5.02. The third-order valence-electron chi connectivity index (χ3n) is 2.84. The smallest absolute Gasteiger partial charge is 0.245 e. The summed E-state index contributed by atoms with van der Waals surface area (Å²) in [7, 11) is 1.78. The summed E-state index contributed by atoms with van der Waals surface area (Å²) in [5, 5.41) is 2.00. The number of carbonyl (C=O) groups excluding carboxylic acids is 1. The summed E-state index contributed by atoms with van der Waals surface area (Å²) in [6.45, 7) is 1.49. The average molecular weight is 319 g/mol. The van der Waals surface area contributed by atoms with E-state index in [4.69, 9.17) is 10.5 Å². The maximum Gasteiger partial charge on any atom is 0.245 e. The maximum absolute atomic E-state index is 12.2. The van der Waals surface area contributed by atoms with Crippen LogP contribution in [0.3, 0.4) is 0 Å². The van der Waals surface area contributed by atoms with Gasteiger partial charge < -0.3 is 15.4 Å². The average Bonchev–Trinajstić information content (AvgIpc) is 2.88. The molecule has 2 rings (SSSR count). The van der Waals surface area contributed by atoms with Gasteiger partial charge in [0.05, 0.1) is 13.2 Å². The first-order chi connectivity index (χ1) is 8.01. The van der Waals surface area contributed by atoms with Crippen LogP contribution in [0.15, 0.2) is 15.9 Å². The predicted molar refractivity (Wildman–Crippen MR) is 70.8 cm³/mol. The fourth-order valence-corrected chi connectivity index (χ4v) is 3.38. The molecule has 1 amide bonds. The molecule has 0 saturated carbocycles. The third-order valence-corrected chi connectivity index (χ3v) is 4.52. The molecule has 1 saturated heterocycles. The molecule has 1 aromatic heterocycles. The molecule has 0 aliphatic carbocycles. The number of hydrogen-bond donors (Lipinski definition) is 1. The largest absolute Gasteiger partial charge is 0.379 e. The first-order valence-corrected chi connectivity index (χ1v) is 7.04. The van der Waals surface area contributed by atoms with Crippen LogP contribution in [0.25, 0.3) is 0 Å². The van der Waals surface area contributed by atoms with Crippen LogP contribution < -0.4 is 5.73 Å². The highest BCUT2D eigenvalue weighted by Gasteiger charge is 2.40. The van der Waals surface area contributed by atoms with Crippen molar-refractivity contribution in [3.63, 3.8) is 0 Å². The van der Waals surface area contributed by atoms with Gasteiger partial charge in [-0.05, 0) is 28.4 Å². The Hall–Kier alpha value is -0.430. The van der Waals surface area contributed by atoms with Gasteiger partial charge in [0.25, 0.3) is 0 Å². The number of amides is 1. The quantitative estimate of drug-likeness (QED) is 0.920. The second-order valence-electron chi connectivity index (χ2n) is 4.35. The van der Waals surface area contributed by atoms with Crippen molar-refractivity contribution in [1.29, 1.82) is 0 Å². The Balaban J connectivity index is 2.00. The van der Waals surface area contributed by atoms with E-state index in [1.807, 2.05) is 11.4 Å². The molecule has 2 heterocycles. The molecule has 17 heavy (non-hydrogen) atoms. The van der Waals surface area contributed by atoms with E-state index in [2.05, 4.69) is 15.9 Å². The van der Waals surface area contributed by atoms with Gasteiger partial charge >= 0.3 is 0 Å². The third kappa shape index (κ3) is 2.88. The Morgan fingerprint density at radius 1 is 1.76 bits per heavy atom. The molecule has 2 N–H and O–H groups in total. The molecule has 1 aromatic rings. The molecule has 0 radical (unpaired) electrons. The SMILES string of the molecule is CN(Cc1cc(Br)cs1)C(=O)C1(N)CCOC1. The molecular weight excluding hydrogens is 304 g/mol. The Labute approximate surface area is 113 Å². The van der Waals surface area contributed by atoms with Gasteiger partial charge in [0.15, 0.2) is 0 Å². The van der Waals surface area contributed by atoms with Crippen LogP contribution in [-0.4, -0.2) is 36.6 Å². The van der Waals surface area contributed by atoms with Crippen molar-refractivity contribution in [3.8, 4) is 0 Å². The van der Waals surface area contributed by atoms with Crippen molar-refractivity contribution in [2.75, 3.05) is 20.3 Å². The van der Waals surface area contributed by atoms with Crippen LogP contribution >= 0.6 is 27.3 Å². The van der Waals surface area contributed by atoms with Crippen molar-refractivity contribution in [2.45, 2.75) is 18.5 Å². The highest BCUT2D eigenvalue weighted by Crippen LogP contribution is 2.23. The van der Waals surface area contributed by atoms with Crippen molar-refractivity contribution in [3.05, 3.63) is 20.8 Å². The van der Waals surface area contributed by atoms with Gasteiger partial charge in [-0.1, -0.05) is 0 Å². The van der Waals surface area contributed by atoms with E-state index in [1.165, 1.54) is 0 Å². The Kier molecular flexibility index (Phi) is 3.87. The minimum atomic E-state index is -0.830. The van der Waals surface area contributed by atoms with Gasteiger partial charge in [-0.25, -0.2) is 0 Å². The van der Waals surface area contributed by atoms with E-state index in [9.17, 15) is 4.79 Å². The van der Waals surface area contributed by atoms with Crippen LogP contribution in [0.2, 0.25) is 0 Å². The van der Waals surface area contributed by atoms with E-state index < -0.39 is 5.54 Å². The maximum atomic E-state index is 12.2. The van der Waals surface area contributed by atoms with Gasteiger partial charge in [0, 0.05) is 28.4 Å². The van der Waals surface area contributed by atoms with Gasteiger partial charge in [0.1, 0.15) is 5.54 Å². The first-order valence-electron chi connectivity index (χ1n) is 5.36. The molecule has 0 aromatic carbocycles. The Morgan fingerprint density at radius 2 is 2.53 bits per heavy atom. The Bertz CT molecular complexity index is 415. The van der Waals surface area contributed by atoms with Crippen molar-refractivity contribution in [2.24, 2.45) is 5.73 Å². The summed E-state index contributed by atoms with van der Waals surface area (Å²) in [6, 6.07) is 2.02. The summed E-state index contributed by atoms with van der Waals surface area (Å²) in [5.41, 5.74) is 5.21. The fraction of sp³-hybridized carbons (Fsp3) is 0.545. The Morgan fingerprint density at radius 3 is 3.06 bits per heavy atom.